The van der Waals surface area contributed by atoms with Gasteiger partial charge in [-0.15, -0.1) is 11.3 Å². The number of hydrogen-bond donors (Lipinski definition) is 3. The number of hydrogen-bond acceptors (Lipinski definition) is 7. The molecule has 3 amide bonds. The van der Waals surface area contributed by atoms with E-state index in [2.05, 4.69) is 21.3 Å². The Morgan fingerprint density at radius 3 is 2.47 bits per heavy atom. The smallest absolute Gasteiger partial charge is 0.291 e. The molecule has 3 aromatic heterocycles. The van der Waals surface area contributed by atoms with Crippen LogP contribution in [0.3, 0.4) is 0 Å². The fourth-order valence-corrected chi connectivity index (χ4v) is 4.31. The number of thiophene rings is 1. The van der Waals surface area contributed by atoms with Crippen LogP contribution in [-0.4, -0.2) is 27.5 Å². The van der Waals surface area contributed by atoms with E-state index in [1.54, 1.807) is 43.3 Å². The van der Waals surface area contributed by atoms with Gasteiger partial charge in [-0.2, -0.15) is 5.10 Å². The van der Waals surface area contributed by atoms with Crippen LogP contribution in [-0.2, 0) is 6.54 Å². The van der Waals surface area contributed by atoms with E-state index in [1.165, 1.54) is 17.0 Å². The Kier molecular flexibility index (Phi) is 6.55. The van der Waals surface area contributed by atoms with Crippen LogP contribution in [0.25, 0.3) is 10.8 Å². The average Bonchev–Trinajstić information content (AvgIpc) is 3.49. The summed E-state index contributed by atoms with van der Waals surface area (Å²) in [6.07, 6.45) is 2.06. The summed E-state index contributed by atoms with van der Waals surface area (Å²) in [6, 6.07) is 11.5. The van der Waals surface area contributed by atoms with Crippen molar-refractivity contribution in [2.24, 2.45) is 0 Å². The quantitative estimate of drug-likeness (QED) is 0.364. The van der Waals surface area contributed by atoms with Gasteiger partial charge < -0.3 is 9.73 Å². The number of hydrazine groups is 1. The summed E-state index contributed by atoms with van der Waals surface area (Å²) in [5, 5.41) is 8.09. The number of carbonyl (C=O) groups is 3. The number of nitrogens with zero attached hydrogens (tertiary/aromatic N) is 2. The van der Waals surface area contributed by atoms with E-state index in [0.717, 1.165) is 11.3 Å². The third-order valence-electron chi connectivity index (χ3n) is 4.91. The Bertz CT molecular complexity index is 1440. The predicted molar refractivity (Wildman–Crippen MR) is 127 cm³/mol. The molecular formula is C23H21N5O5S. The van der Waals surface area contributed by atoms with Crippen molar-refractivity contribution >= 4 is 44.8 Å². The highest BCUT2D eigenvalue weighted by Gasteiger charge is 2.20. The van der Waals surface area contributed by atoms with Crippen LogP contribution in [0, 0.1) is 6.92 Å². The molecule has 0 radical (unpaired) electrons. The van der Waals surface area contributed by atoms with Gasteiger partial charge >= 0.3 is 0 Å². The molecule has 10 nitrogen and oxygen atoms in total. The van der Waals surface area contributed by atoms with Crippen LogP contribution in [0.4, 0.5) is 5.00 Å². The fraction of sp³-hybridized carbons (Fsp3) is 0.174. The highest BCUT2D eigenvalue weighted by atomic mass is 32.1. The first-order valence-electron chi connectivity index (χ1n) is 10.4. The molecule has 0 bridgehead atoms. The molecule has 4 rings (SSSR count). The number of aromatic nitrogens is 2. The molecule has 34 heavy (non-hydrogen) atoms. The van der Waals surface area contributed by atoms with Crippen molar-refractivity contribution in [3.63, 3.8) is 0 Å². The van der Waals surface area contributed by atoms with Crippen molar-refractivity contribution in [3.05, 3.63) is 81.0 Å². The third kappa shape index (κ3) is 4.59. The summed E-state index contributed by atoms with van der Waals surface area (Å²) in [5.74, 6) is -1.50. The summed E-state index contributed by atoms with van der Waals surface area (Å²) in [5.41, 5.74) is 5.10. The first-order valence-corrected chi connectivity index (χ1v) is 11.3. The summed E-state index contributed by atoms with van der Waals surface area (Å²) in [4.78, 5) is 50.6. The van der Waals surface area contributed by atoms with E-state index in [9.17, 15) is 19.2 Å². The molecule has 0 unspecified atom stereocenters. The Morgan fingerprint density at radius 1 is 1.03 bits per heavy atom. The van der Waals surface area contributed by atoms with Crippen LogP contribution in [0.2, 0.25) is 0 Å². The molecule has 11 heteroatoms. The van der Waals surface area contributed by atoms with Crippen molar-refractivity contribution in [1.82, 2.24) is 20.6 Å². The van der Waals surface area contributed by atoms with E-state index in [4.69, 9.17) is 4.42 Å². The molecule has 0 spiro atoms. The highest BCUT2D eigenvalue weighted by Crippen LogP contribution is 2.27. The molecule has 0 atom stereocenters. The lowest BCUT2D eigenvalue weighted by Crippen LogP contribution is -2.42. The number of rotatable bonds is 6. The second-order valence-corrected chi connectivity index (χ2v) is 8.44. The monoisotopic (exact) mass is 479 g/mol. The first kappa shape index (κ1) is 22.9. The van der Waals surface area contributed by atoms with Gasteiger partial charge in [0.25, 0.3) is 23.3 Å². The van der Waals surface area contributed by atoms with Gasteiger partial charge in [-0.3, -0.25) is 30.0 Å². The number of carbonyl (C=O) groups excluding carboxylic acids is 3. The van der Waals surface area contributed by atoms with Crippen molar-refractivity contribution in [3.8, 4) is 0 Å². The number of furan rings is 1. The number of fused-ring (bicyclic) bond motifs is 1. The van der Waals surface area contributed by atoms with Crippen molar-refractivity contribution in [1.29, 1.82) is 0 Å². The molecule has 1 aromatic carbocycles. The lowest BCUT2D eigenvalue weighted by Gasteiger charge is -2.11. The van der Waals surface area contributed by atoms with Gasteiger partial charge in [0, 0.05) is 11.9 Å². The van der Waals surface area contributed by atoms with Gasteiger partial charge in [0.1, 0.15) is 0 Å². The molecule has 0 aliphatic heterocycles. The molecule has 3 heterocycles. The molecule has 3 N–H and O–H groups in total. The van der Waals surface area contributed by atoms with Gasteiger partial charge in [-0.05, 0) is 43.2 Å². The molecule has 174 valence electrons. The molecule has 0 aliphatic carbocycles. The number of anilines is 1. The molecule has 0 saturated heterocycles. The summed E-state index contributed by atoms with van der Waals surface area (Å²) in [7, 11) is 0. The van der Waals surface area contributed by atoms with Gasteiger partial charge in [0.2, 0.25) is 0 Å². The van der Waals surface area contributed by atoms with Crippen LogP contribution in [0.1, 0.15) is 49.6 Å². The Labute approximate surface area is 197 Å². The minimum atomic E-state index is -0.657. The van der Waals surface area contributed by atoms with E-state index < -0.39 is 17.7 Å². The van der Waals surface area contributed by atoms with E-state index in [1.807, 2.05) is 6.92 Å². The molecule has 0 aliphatic rings. The van der Waals surface area contributed by atoms with Gasteiger partial charge in [0.05, 0.1) is 21.5 Å². The van der Waals surface area contributed by atoms with E-state index >= 15 is 0 Å². The number of amides is 3. The molecule has 4 aromatic rings. The largest absolute Gasteiger partial charge is 0.459 e. The molecule has 0 saturated carbocycles. The van der Waals surface area contributed by atoms with E-state index in [-0.39, 0.29) is 17.0 Å². The fourth-order valence-electron chi connectivity index (χ4n) is 3.35. The Hall–Kier alpha value is -4.25. The third-order valence-corrected chi connectivity index (χ3v) is 6.06. The topological polar surface area (TPSA) is 135 Å². The minimum absolute atomic E-state index is 0.0262. The number of nitrogens with one attached hydrogen (secondary N) is 3. The maximum atomic E-state index is 12.9. The Morgan fingerprint density at radius 2 is 1.76 bits per heavy atom. The zero-order valence-corrected chi connectivity index (χ0v) is 19.2. The molecular weight excluding hydrogens is 458 g/mol. The standard InChI is InChI=1S/C23H21N5O5S/c1-3-10-28-23(32)15-8-5-4-7-14(15)18(27-28)21(30)25-26-22(31)19-13(2)12-17(34-19)24-20(29)16-9-6-11-33-16/h4-9,11-12H,3,10H2,1-2H3,(H,24,29)(H,25,30)(H,26,31). The van der Waals surface area contributed by atoms with Crippen LogP contribution >= 0.6 is 11.3 Å². The highest BCUT2D eigenvalue weighted by molar-refractivity contribution is 7.18. The van der Waals surface area contributed by atoms with E-state index in [0.29, 0.717) is 39.2 Å². The lowest BCUT2D eigenvalue weighted by atomic mass is 10.1. The van der Waals surface area contributed by atoms with Crippen molar-refractivity contribution in [2.75, 3.05) is 5.32 Å². The second kappa shape index (κ2) is 9.71. The maximum Gasteiger partial charge on any atom is 0.291 e. The number of aryl methyl sites for hydroxylation is 2. The zero-order valence-electron chi connectivity index (χ0n) is 18.4. The first-order chi connectivity index (χ1) is 16.4. The summed E-state index contributed by atoms with van der Waals surface area (Å²) >= 11 is 1.06. The van der Waals surface area contributed by atoms with Gasteiger partial charge in [-0.25, -0.2) is 4.68 Å². The maximum absolute atomic E-state index is 12.9. The normalized spacial score (nSPS) is 10.8. The van der Waals surface area contributed by atoms with Crippen LogP contribution in [0.5, 0.6) is 0 Å². The minimum Gasteiger partial charge on any atom is -0.459 e. The Balaban J connectivity index is 1.50. The van der Waals surface area contributed by atoms with Gasteiger partial charge in [-0.1, -0.05) is 25.1 Å². The number of benzene rings is 1. The van der Waals surface area contributed by atoms with Crippen molar-refractivity contribution in [2.45, 2.75) is 26.8 Å². The summed E-state index contributed by atoms with van der Waals surface area (Å²) in [6.45, 7) is 3.97. The predicted octanol–water partition coefficient (Wildman–Crippen LogP) is 3.10. The van der Waals surface area contributed by atoms with Crippen LogP contribution in [0.15, 0.2) is 57.9 Å². The second-order valence-electron chi connectivity index (χ2n) is 7.38. The van der Waals surface area contributed by atoms with Gasteiger partial charge in [0.15, 0.2) is 11.5 Å². The SMILES string of the molecule is CCCn1nc(C(=O)NNC(=O)c2sc(NC(=O)c3ccco3)cc2C)c2ccccc2c1=O. The average molecular weight is 480 g/mol. The van der Waals surface area contributed by atoms with Crippen LogP contribution < -0.4 is 21.7 Å². The lowest BCUT2D eigenvalue weighted by molar-refractivity contribution is 0.0845. The van der Waals surface area contributed by atoms with Crippen molar-refractivity contribution < 1.29 is 18.8 Å². The zero-order chi connectivity index (χ0) is 24.2. The molecule has 0 fully saturated rings. The summed E-state index contributed by atoms with van der Waals surface area (Å²) < 4.78 is 6.31.